The first-order chi connectivity index (χ1) is 10.1. The van der Waals surface area contributed by atoms with Gasteiger partial charge in [0.2, 0.25) is 0 Å². The number of thiazole rings is 1. The summed E-state index contributed by atoms with van der Waals surface area (Å²) < 4.78 is 12.8. The molecule has 0 fully saturated rings. The second kappa shape index (κ2) is 5.95. The van der Waals surface area contributed by atoms with Crippen molar-refractivity contribution >= 4 is 39.5 Å². The van der Waals surface area contributed by atoms with Crippen molar-refractivity contribution in [2.45, 2.75) is 25.3 Å². The van der Waals surface area contributed by atoms with Crippen LogP contribution in [0.4, 0.5) is 15.2 Å². The molecule has 1 aliphatic carbocycles. The minimum absolute atomic E-state index is 0.262. The lowest BCUT2D eigenvalue weighted by Gasteiger charge is -2.24. The fraction of sp³-hybridized carbons (Fsp3) is 0.286. The topological polar surface area (TPSA) is 63.0 Å². The van der Waals surface area contributed by atoms with Gasteiger partial charge in [0.25, 0.3) is 0 Å². The van der Waals surface area contributed by atoms with Gasteiger partial charge in [-0.05, 0) is 49.3 Å². The van der Waals surface area contributed by atoms with Gasteiger partial charge in [0.1, 0.15) is 5.82 Å². The number of aryl methyl sites for hydroxylation is 1. The maximum absolute atomic E-state index is 12.8. The first kappa shape index (κ1) is 14.2. The quantitative estimate of drug-likeness (QED) is 0.742. The van der Waals surface area contributed by atoms with E-state index in [9.17, 15) is 4.39 Å². The van der Waals surface area contributed by atoms with Gasteiger partial charge in [-0.2, -0.15) is 0 Å². The van der Waals surface area contributed by atoms with Crippen molar-refractivity contribution in [3.05, 3.63) is 40.7 Å². The van der Waals surface area contributed by atoms with E-state index in [0.29, 0.717) is 10.2 Å². The van der Waals surface area contributed by atoms with Crippen molar-refractivity contribution in [1.29, 1.82) is 0 Å². The van der Waals surface area contributed by atoms with Crippen molar-refractivity contribution in [3.63, 3.8) is 0 Å². The third-order valence-electron chi connectivity index (χ3n) is 3.39. The molecule has 0 radical (unpaired) electrons. The monoisotopic (exact) mass is 322 g/mol. The number of anilines is 2. The van der Waals surface area contributed by atoms with E-state index in [-0.39, 0.29) is 11.9 Å². The van der Waals surface area contributed by atoms with Crippen LogP contribution in [0.25, 0.3) is 0 Å². The smallest absolute Gasteiger partial charge is 0.180 e. The second-order valence-corrected chi connectivity index (χ2v) is 6.49. The summed E-state index contributed by atoms with van der Waals surface area (Å²) in [6, 6.07) is 6.39. The summed E-state index contributed by atoms with van der Waals surface area (Å²) in [4.78, 5) is 5.56. The molecule has 0 saturated carbocycles. The Morgan fingerprint density at radius 3 is 2.90 bits per heavy atom. The molecule has 0 bridgehead atoms. The van der Waals surface area contributed by atoms with Crippen LogP contribution in [0.5, 0.6) is 0 Å². The summed E-state index contributed by atoms with van der Waals surface area (Å²) in [7, 11) is 0. The van der Waals surface area contributed by atoms with Gasteiger partial charge in [0, 0.05) is 23.0 Å². The minimum Gasteiger partial charge on any atom is -0.375 e. The number of benzene rings is 1. The molecule has 0 aliphatic heterocycles. The normalized spacial score (nSPS) is 17.1. The molecule has 2 aromatic rings. The van der Waals surface area contributed by atoms with Crippen LogP contribution in [0.15, 0.2) is 24.3 Å². The van der Waals surface area contributed by atoms with E-state index >= 15 is 0 Å². The zero-order chi connectivity index (χ0) is 14.8. The van der Waals surface area contributed by atoms with Gasteiger partial charge < -0.3 is 16.4 Å². The number of nitrogens with zero attached hydrogens (tertiary/aromatic N) is 1. The Morgan fingerprint density at radius 1 is 1.38 bits per heavy atom. The van der Waals surface area contributed by atoms with Crippen molar-refractivity contribution in [2.75, 3.05) is 11.1 Å². The SMILES string of the molecule is Nc1nc2c(s1)CC(NC(=S)Nc1ccc(F)cc1)CC2. The number of nitrogens with one attached hydrogen (secondary N) is 2. The van der Waals surface area contributed by atoms with Gasteiger partial charge in [0.05, 0.1) is 5.69 Å². The summed E-state index contributed by atoms with van der Waals surface area (Å²) in [5, 5.41) is 7.54. The van der Waals surface area contributed by atoms with Crippen LogP contribution in [0, 0.1) is 5.82 Å². The lowest BCUT2D eigenvalue weighted by atomic mass is 9.98. The second-order valence-electron chi connectivity index (χ2n) is 4.97. The lowest BCUT2D eigenvalue weighted by Crippen LogP contribution is -2.40. The van der Waals surface area contributed by atoms with Gasteiger partial charge in [-0.25, -0.2) is 9.37 Å². The maximum Gasteiger partial charge on any atom is 0.180 e. The zero-order valence-corrected chi connectivity index (χ0v) is 12.9. The third-order valence-corrected chi connectivity index (χ3v) is 4.56. The van der Waals surface area contributed by atoms with E-state index in [1.165, 1.54) is 17.0 Å². The van der Waals surface area contributed by atoms with E-state index in [0.717, 1.165) is 30.6 Å². The fourth-order valence-corrected chi connectivity index (χ4v) is 3.65. The zero-order valence-electron chi connectivity index (χ0n) is 11.2. The molecular weight excluding hydrogens is 307 g/mol. The van der Waals surface area contributed by atoms with Gasteiger partial charge in [0.15, 0.2) is 10.2 Å². The molecular formula is C14H15FN4S2. The first-order valence-electron chi connectivity index (χ1n) is 6.67. The van der Waals surface area contributed by atoms with Crippen LogP contribution in [0.3, 0.4) is 0 Å². The van der Waals surface area contributed by atoms with E-state index in [4.69, 9.17) is 18.0 Å². The molecule has 1 aromatic carbocycles. The highest BCUT2D eigenvalue weighted by atomic mass is 32.1. The molecule has 0 amide bonds. The van der Waals surface area contributed by atoms with E-state index in [2.05, 4.69) is 15.6 Å². The highest BCUT2D eigenvalue weighted by Gasteiger charge is 2.22. The summed E-state index contributed by atoms with van der Waals surface area (Å²) in [5.41, 5.74) is 7.63. The predicted molar refractivity (Wildman–Crippen MR) is 88.1 cm³/mol. The van der Waals surface area contributed by atoms with Gasteiger partial charge in [-0.3, -0.25) is 0 Å². The van der Waals surface area contributed by atoms with E-state index in [1.807, 2.05) is 0 Å². The number of hydrogen-bond donors (Lipinski definition) is 3. The number of nitrogen functional groups attached to an aromatic ring is 1. The highest BCUT2D eigenvalue weighted by Crippen LogP contribution is 2.28. The molecule has 0 saturated heterocycles. The summed E-state index contributed by atoms with van der Waals surface area (Å²) in [5.74, 6) is -0.262. The van der Waals surface area contributed by atoms with Crippen LogP contribution in [-0.4, -0.2) is 16.1 Å². The Morgan fingerprint density at radius 2 is 2.14 bits per heavy atom. The van der Waals surface area contributed by atoms with Gasteiger partial charge >= 0.3 is 0 Å². The van der Waals surface area contributed by atoms with Gasteiger partial charge in [-0.15, -0.1) is 11.3 Å². The Labute approximate surface area is 131 Å². The van der Waals surface area contributed by atoms with E-state index < -0.39 is 0 Å². The molecule has 4 N–H and O–H groups in total. The maximum atomic E-state index is 12.8. The number of fused-ring (bicyclic) bond motifs is 1. The molecule has 1 heterocycles. The Kier molecular flexibility index (Phi) is 4.03. The van der Waals surface area contributed by atoms with Crippen LogP contribution in [0.2, 0.25) is 0 Å². The predicted octanol–water partition coefficient (Wildman–Crippen LogP) is 2.71. The summed E-state index contributed by atoms with van der Waals surface area (Å²) >= 11 is 6.85. The molecule has 110 valence electrons. The Balaban J connectivity index is 1.57. The molecule has 7 heteroatoms. The minimum atomic E-state index is -0.262. The number of rotatable bonds is 2. The molecule has 1 unspecified atom stereocenters. The molecule has 1 aliphatic rings. The highest BCUT2D eigenvalue weighted by molar-refractivity contribution is 7.80. The Bertz CT molecular complexity index is 653. The largest absolute Gasteiger partial charge is 0.375 e. The standard InChI is InChI=1S/C14H15FN4S2/c15-8-1-3-9(4-2-8)17-14(20)18-10-5-6-11-12(7-10)21-13(16)19-11/h1-4,10H,5-7H2,(H2,16,19)(H2,17,18,20). The van der Waals surface area contributed by atoms with Crippen LogP contribution >= 0.6 is 23.6 Å². The van der Waals surface area contributed by atoms with Gasteiger partial charge in [-0.1, -0.05) is 0 Å². The Hall–Kier alpha value is -1.73. The molecule has 0 spiro atoms. The van der Waals surface area contributed by atoms with Crippen LogP contribution in [-0.2, 0) is 12.8 Å². The van der Waals surface area contributed by atoms with Crippen molar-refractivity contribution < 1.29 is 4.39 Å². The number of aromatic nitrogens is 1. The molecule has 3 rings (SSSR count). The number of nitrogens with two attached hydrogens (primary N) is 1. The molecule has 4 nitrogen and oxygen atoms in total. The average molecular weight is 322 g/mol. The number of hydrogen-bond acceptors (Lipinski definition) is 4. The average Bonchev–Trinajstić information content (AvgIpc) is 2.80. The summed E-state index contributed by atoms with van der Waals surface area (Å²) in [6.07, 6.45) is 2.77. The number of thiocarbonyl (C=S) groups is 1. The van der Waals surface area contributed by atoms with Crippen LogP contribution < -0.4 is 16.4 Å². The van der Waals surface area contributed by atoms with Crippen molar-refractivity contribution in [3.8, 4) is 0 Å². The van der Waals surface area contributed by atoms with Crippen LogP contribution in [0.1, 0.15) is 17.0 Å². The molecule has 1 atom stereocenters. The van der Waals surface area contributed by atoms with E-state index in [1.54, 1.807) is 23.5 Å². The van der Waals surface area contributed by atoms with Crippen molar-refractivity contribution in [2.24, 2.45) is 0 Å². The summed E-state index contributed by atoms with van der Waals surface area (Å²) in [6.45, 7) is 0. The third kappa shape index (κ3) is 3.48. The first-order valence-corrected chi connectivity index (χ1v) is 7.90. The lowest BCUT2D eigenvalue weighted by molar-refractivity contribution is 0.531. The fourth-order valence-electron chi connectivity index (χ4n) is 2.40. The molecule has 21 heavy (non-hydrogen) atoms. The molecule has 1 aromatic heterocycles. The van der Waals surface area contributed by atoms with Crippen molar-refractivity contribution in [1.82, 2.24) is 10.3 Å². The number of halogens is 1.